The van der Waals surface area contributed by atoms with Crippen LogP contribution in [0.15, 0.2) is 48.1 Å². The quantitative estimate of drug-likeness (QED) is 0.608. The van der Waals surface area contributed by atoms with Crippen molar-refractivity contribution in [3.05, 3.63) is 53.6 Å². The fourth-order valence-corrected chi connectivity index (χ4v) is 1.63. The van der Waals surface area contributed by atoms with Gasteiger partial charge < -0.3 is 0 Å². The molecule has 1 aliphatic carbocycles. The molecular weight excluding hydrogens is 168 g/mol. The van der Waals surface area contributed by atoms with Gasteiger partial charge in [-0.2, -0.15) is 0 Å². The molecule has 0 heterocycles. The first-order valence-electron chi connectivity index (χ1n) is 4.78. The van der Waals surface area contributed by atoms with Gasteiger partial charge in [0.05, 0.1) is 0 Å². The van der Waals surface area contributed by atoms with Gasteiger partial charge in [-0.15, -0.1) is 0 Å². The maximum Gasteiger partial charge on any atom is -0.0224 e. The summed E-state index contributed by atoms with van der Waals surface area (Å²) in [5, 5.41) is 0. The van der Waals surface area contributed by atoms with Gasteiger partial charge in [0.2, 0.25) is 0 Å². The van der Waals surface area contributed by atoms with E-state index < -0.39 is 0 Å². The van der Waals surface area contributed by atoms with Crippen LogP contribution in [0.2, 0.25) is 0 Å². The highest BCUT2D eigenvalue weighted by Gasteiger charge is 2.04. The summed E-state index contributed by atoms with van der Waals surface area (Å²) in [5.74, 6) is 0. The van der Waals surface area contributed by atoms with Crippen molar-refractivity contribution in [2.24, 2.45) is 0 Å². The van der Waals surface area contributed by atoms with Gasteiger partial charge in [-0.05, 0) is 30.9 Å². The van der Waals surface area contributed by atoms with Gasteiger partial charge in [-0.3, -0.25) is 0 Å². The van der Waals surface area contributed by atoms with Crippen molar-refractivity contribution >= 4 is 5.57 Å². The average molecular weight is 186 g/mol. The third-order valence-electron chi connectivity index (χ3n) is 2.50. The van der Waals surface area contributed by atoms with Crippen LogP contribution < -0.4 is 0 Å². The number of benzene rings is 1. The highest BCUT2D eigenvalue weighted by molar-refractivity contribution is 5.68. The first-order valence-corrected chi connectivity index (χ1v) is 4.78. The van der Waals surface area contributed by atoms with E-state index in [2.05, 4.69) is 49.4 Å². The summed E-state index contributed by atoms with van der Waals surface area (Å²) in [6.45, 7) is 2.19. The zero-order valence-corrected chi connectivity index (χ0v) is 7.96. The van der Waals surface area contributed by atoms with E-state index in [1.807, 2.05) is 0 Å². The van der Waals surface area contributed by atoms with E-state index in [1.165, 1.54) is 29.6 Å². The molecule has 74 valence electrons. The van der Waals surface area contributed by atoms with Crippen LogP contribution in [-0.4, -0.2) is 0 Å². The minimum absolute atomic E-state index is 0. The largest absolute Gasteiger partial charge is 0.0776 e. The zero-order valence-electron chi connectivity index (χ0n) is 7.96. The Hall–Kier alpha value is -1.30. The number of hydrogen-bond donors (Lipinski definition) is 0. The van der Waals surface area contributed by atoms with Gasteiger partial charge in [-0.25, -0.2) is 0 Å². The Bertz CT molecular complexity index is 342. The third kappa shape index (κ3) is 2.35. The fraction of sp³-hybridized carbons (Fsp3) is 0.286. The third-order valence-corrected chi connectivity index (χ3v) is 2.50. The molecule has 0 nitrogen and oxygen atoms in total. The standard InChI is InChI=1S/C13H14.CH4/c1-11-7-9-13(10-8-11)12-5-3-2-4-6-12;/h2-7,9H,8,10H2,1H3;1H4. The molecule has 1 aromatic rings. The normalized spacial score (nSPS) is 15.2. The van der Waals surface area contributed by atoms with Gasteiger partial charge in [0.1, 0.15) is 0 Å². The molecule has 2 rings (SSSR count). The molecule has 0 saturated carbocycles. The number of rotatable bonds is 1. The van der Waals surface area contributed by atoms with Crippen molar-refractivity contribution in [3.63, 3.8) is 0 Å². The Balaban J connectivity index is 0.000000980. The van der Waals surface area contributed by atoms with Crippen molar-refractivity contribution < 1.29 is 0 Å². The Morgan fingerprint density at radius 1 is 0.929 bits per heavy atom. The first kappa shape index (κ1) is 10.8. The second kappa shape index (κ2) is 4.80. The maximum absolute atomic E-state index is 2.24. The van der Waals surface area contributed by atoms with E-state index >= 15 is 0 Å². The number of allylic oxidation sites excluding steroid dienone is 4. The smallest absolute Gasteiger partial charge is 0.0224 e. The Kier molecular flexibility index (Phi) is 3.70. The molecule has 0 spiro atoms. The van der Waals surface area contributed by atoms with Gasteiger partial charge in [0.15, 0.2) is 0 Å². The second-order valence-corrected chi connectivity index (χ2v) is 3.57. The molecule has 0 radical (unpaired) electrons. The van der Waals surface area contributed by atoms with Crippen molar-refractivity contribution in [2.45, 2.75) is 27.2 Å². The molecule has 0 unspecified atom stereocenters. The van der Waals surface area contributed by atoms with Gasteiger partial charge in [0, 0.05) is 0 Å². The second-order valence-electron chi connectivity index (χ2n) is 3.57. The Labute approximate surface area is 87.0 Å². The van der Waals surface area contributed by atoms with Crippen LogP contribution >= 0.6 is 0 Å². The monoisotopic (exact) mass is 186 g/mol. The molecule has 0 N–H and O–H groups in total. The van der Waals surface area contributed by atoms with E-state index in [0.29, 0.717) is 0 Å². The first-order chi connectivity index (χ1) is 6.36. The molecule has 1 aromatic carbocycles. The summed E-state index contributed by atoms with van der Waals surface area (Å²) < 4.78 is 0. The fourth-order valence-electron chi connectivity index (χ4n) is 1.63. The van der Waals surface area contributed by atoms with Crippen LogP contribution in [0, 0.1) is 0 Å². The Morgan fingerprint density at radius 3 is 2.21 bits per heavy atom. The minimum Gasteiger partial charge on any atom is -0.0776 e. The summed E-state index contributed by atoms with van der Waals surface area (Å²) in [6, 6.07) is 10.6. The van der Waals surface area contributed by atoms with Gasteiger partial charge in [-0.1, -0.05) is 55.5 Å². The molecule has 14 heavy (non-hydrogen) atoms. The molecule has 0 aliphatic heterocycles. The maximum atomic E-state index is 2.24. The van der Waals surface area contributed by atoms with Crippen LogP contribution in [0.4, 0.5) is 0 Å². The molecule has 0 atom stereocenters. The molecule has 1 aliphatic rings. The van der Waals surface area contributed by atoms with E-state index in [-0.39, 0.29) is 7.43 Å². The summed E-state index contributed by atoms with van der Waals surface area (Å²) in [6.07, 6.45) is 6.87. The predicted octanol–water partition coefficient (Wildman–Crippen LogP) is 4.45. The van der Waals surface area contributed by atoms with Crippen molar-refractivity contribution in [1.29, 1.82) is 0 Å². The van der Waals surface area contributed by atoms with E-state index in [4.69, 9.17) is 0 Å². The topological polar surface area (TPSA) is 0 Å². The average Bonchev–Trinajstić information content (AvgIpc) is 2.20. The molecule has 0 fully saturated rings. The van der Waals surface area contributed by atoms with Crippen molar-refractivity contribution in [1.82, 2.24) is 0 Å². The highest BCUT2D eigenvalue weighted by Crippen LogP contribution is 2.25. The van der Waals surface area contributed by atoms with Crippen LogP contribution in [0.5, 0.6) is 0 Å². The van der Waals surface area contributed by atoms with E-state index in [9.17, 15) is 0 Å². The van der Waals surface area contributed by atoms with Crippen LogP contribution in [0.1, 0.15) is 32.8 Å². The lowest BCUT2D eigenvalue weighted by atomic mass is 9.94. The molecular formula is C14H18. The zero-order chi connectivity index (χ0) is 9.10. The Morgan fingerprint density at radius 2 is 1.64 bits per heavy atom. The predicted molar refractivity (Wildman–Crippen MR) is 64.1 cm³/mol. The molecule has 0 bridgehead atoms. The van der Waals surface area contributed by atoms with Gasteiger partial charge in [0.25, 0.3) is 0 Å². The summed E-state index contributed by atoms with van der Waals surface area (Å²) in [7, 11) is 0. The SMILES string of the molecule is C.CC1=CC=C(c2ccccc2)CC1. The summed E-state index contributed by atoms with van der Waals surface area (Å²) >= 11 is 0. The summed E-state index contributed by atoms with van der Waals surface area (Å²) in [4.78, 5) is 0. The number of hydrogen-bond acceptors (Lipinski definition) is 0. The molecule has 0 heteroatoms. The van der Waals surface area contributed by atoms with Crippen LogP contribution in [0.25, 0.3) is 5.57 Å². The van der Waals surface area contributed by atoms with Gasteiger partial charge >= 0.3 is 0 Å². The summed E-state index contributed by atoms with van der Waals surface area (Å²) in [5.41, 5.74) is 4.32. The highest BCUT2D eigenvalue weighted by atomic mass is 14.1. The lowest BCUT2D eigenvalue weighted by molar-refractivity contribution is 0.977. The van der Waals surface area contributed by atoms with E-state index in [1.54, 1.807) is 0 Å². The molecule has 0 aromatic heterocycles. The van der Waals surface area contributed by atoms with Crippen LogP contribution in [0.3, 0.4) is 0 Å². The van der Waals surface area contributed by atoms with Crippen LogP contribution in [-0.2, 0) is 0 Å². The molecule has 0 amide bonds. The van der Waals surface area contributed by atoms with Crippen molar-refractivity contribution in [2.75, 3.05) is 0 Å². The minimum atomic E-state index is 0. The van der Waals surface area contributed by atoms with Crippen molar-refractivity contribution in [3.8, 4) is 0 Å². The van der Waals surface area contributed by atoms with E-state index in [0.717, 1.165) is 0 Å². The molecule has 0 saturated heterocycles. The lowest BCUT2D eigenvalue weighted by Crippen LogP contribution is -1.90. The lowest BCUT2D eigenvalue weighted by Gasteiger charge is -2.11.